The van der Waals surface area contributed by atoms with E-state index in [4.69, 9.17) is 4.74 Å². The number of halogens is 2. The Labute approximate surface area is 151 Å². The van der Waals surface area contributed by atoms with Gasteiger partial charge in [-0.05, 0) is 38.1 Å². The summed E-state index contributed by atoms with van der Waals surface area (Å²) in [4.78, 5) is 28.4. The number of nitrogens with one attached hydrogen (secondary N) is 1. The second-order valence-corrected chi connectivity index (χ2v) is 6.67. The van der Waals surface area contributed by atoms with Gasteiger partial charge in [0.2, 0.25) is 11.8 Å². The molecule has 2 fully saturated rings. The van der Waals surface area contributed by atoms with Gasteiger partial charge in [0.25, 0.3) is 0 Å². The second-order valence-electron chi connectivity index (χ2n) is 6.67. The minimum Gasteiger partial charge on any atom is -0.378 e. The molecule has 0 aliphatic carbocycles. The maximum absolute atomic E-state index is 13.2. The van der Waals surface area contributed by atoms with Gasteiger partial charge in [0.1, 0.15) is 0 Å². The van der Waals surface area contributed by atoms with Crippen molar-refractivity contribution >= 4 is 17.5 Å². The highest BCUT2D eigenvalue weighted by Gasteiger charge is 2.29. The predicted octanol–water partition coefficient (Wildman–Crippen LogP) is 1.47. The number of benzene rings is 1. The van der Waals surface area contributed by atoms with Gasteiger partial charge in [-0.15, -0.1) is 0 Å². The summed E-state index contributed by atoms with van der Waals surface area (Å²) in [5.74, 6) is -2.05. The van der Waals surface area contributed by atoms with Crippen LogP contribution in [0.3, 0.4) is 0 Å². The first kappa shape index (κ1) is 18.7. The number of hydrogen-bond donors (Lipinski definition) is 1. The highest BCUT2D eigenvalue weighted by atomic mass is 19.2. The maximum Gasteiger partial charge on any atom is 0.238 e. The molecule has 0 aromatic heterocycles. The summed E-state index contributed by atoms with van der Waals surface area (Å²) in [6.45, 7) is 3.96. The van der Waals surface area contributed by atoms with Crippen LogP contribution in [0.25, 0.3) is 0 Å². The average molecular weight is 367 g/mol. The Bertz CT molecular complexity index is 657. The Hall–Kier alpha value is -2.06. The van der Waals surface area contributed by atoms with Gasteiger partial charge in [0.05, 0.1) is 19.8 Å². The Morgan fingerprint density at radius 1 is 1.08 bits per heavy atom. The molecule has 2 saturated heterocycles. The van der Waals surface area contributed by atoms with E-state index in [1.807, 2.05) is 9.80 Å². The van der Waals surface area contributed by atoms with Crippen molar-refractivity contribution in [2.24, 2.45) is 5.92 Å². The molecule has 0 saturated carbocycles. The Kier molecular flexibility index (Phi) is 6.16. The summed E-state index contributed by atoms with van der Waals surface area (Å²) in [5.41, 5.74) is 0.228. The van der Waals surface area contributed by atoms with Crippen LogP contribution in [0.5, 0.6) is 0 Å². The summed E-state index contributed by atoms with van der Waals surface area (Å²) in [6, 6.07) is 3.26. The quantitative estimate of drug-likeness (QED) is 0.876. The van der Waals surface area contributed by atoms with E-state index in [1.54, 1.807) is 0 Å². The fourth-order valence-corrected chi connectivity index (χ4v) is 3.36. The number of morpholine rings is 1. The molecule has 0 unspecified atom stereocenters. The van der Waals surface area contributed by atoms with Crippen molar-refractivity contribution in [3.05, 3.63) is 29.8 Å². The van der Waals surface area contributed by atoms with E-state index in [1.165, 1.54) is 6.07 Å². The van der Waals surface area contributed by atoms with Crippen LogP contribution >= 0.6 is 0 Å². The Balaban J connectivity index is 1.43. The summed E-state index contributed by atoms with van der Waals surface area (Å²) in [7, 11) is 0. The molecule has 1 aromatic carbocycles. The molecule has 8 heteroatoms. The monoisotopic (exact) mass is 367 g/mol. The molecule has 1 aromatic rings. The van der Waals surface area contributed by atoms with Crippen molar-refractivity contribution in [3.63, 3.8) is 0 Å². The minimum atomic E-state index is -0.995. The number of likely N-dealkylation sites (tertiary alicyclic amines) is 1. The lowest BCUT2D eigenvalue weighted by atomic mass is 9.95. The van der Waals surface area contributed by atoms with E-state index in [0.29, 0.717) is 52.2 Å². The lowest BCUT2D eigenvalue weighted by Crippen LogP contribution is -2.47. The molecule has 1 N–H and O–H groups in total. The largest absolute Gasteiger partial charge is 0.378 e. The van der Waals surface area contributed by atoms with Crippen LogP contribution in [0, 0.1) is 17.6 Å². The molecule has 2 aliphatic rings. The van der Waals surface area contributed by atoms with Crippen LogP contribution in [0.15, 0.2) is 18.2 Å². The summed E-state index contributed by atoms with van der Waals surface area (Å²) in [5, 5.41) is 2.57. The molecular formula is C18H23F2N3O3. The van der Waals surface area contributed by atoms with Crippen molar-refractivity contribution in [3.8, 4) is 0 Å². The molecule has 142 valence electrons. The number of piperidine rings is 1. The zero-order chi connectivity index (χ0) is 18.5. The van der Waals surface area contributed by atoms with Gasteiger partial charge in [-0.2, -0.15) is 0 Å². The molecule has 6 nitrogen and oxygen atoms in total. The van der Waals surface area contributed by atoms with Gasteiger partial charge in [0, 0.05) is 30.8 Å². The first-order valence-corrected chi connectivity index (χ1v) is 8.87. The topological polar surface area (TPSA) is 61.9 Å². The zero-order valence-electron chi connectivity index (χ0n) is 14.5. The molecule has 3 rings (SSSR count). The van der Waals surface area contributed by atoms with Crippen LogP contribution in [-0.4, -0.2) is 67.6 Å². The van der Waals surface area contributed by atoms with Crippen molar-refractivity contribution in [1.29, 1.82) is 0 Å². The SMILES string of the molecule is O=C(CN1CCC(C(=O)N2CCOCC2)CC1)Nc1ccc(F)c(F)c1. The van der Waals surface area contributed by atoms with E-state index in [0.717, 1.165) is 12.1 Å². The standard InChI is InChI=1S/C18H23F2N3O3/c19-15-2-1-14(11-16(15)20)21-17(24)12-22-5-3-13(4-6-22)18(25)23-7-9-26-10-8-23/h1-2,11,13H,3-10,12H2,(H,21,24). The first-order valence-electron chi connectivity index (χ1n) is 8.87. The summed E-state index contributed by atoms with van der Waals surface area (Å²) in [6.07, 6.45) is 1.43. The molecule has 2 heterocycles. The third kappa shape index (κ3) is 4.76. The zero-order valence-corrected chi connectivity index (χ0v) is 14.5. The van der Waals surface area contributed by atoms with Gasteiger partial charge in [-0.25, -0.2) is 8.78 Å². The Morgan fingerprint density at radius 3 is 2.42 bits per heavy atom. The number of nitrogens with zero attached hydrogens (tertiary/aromatic N) is 2. The maximum atomic E-state index is 13.2. The fourth-order valence-electron chi connectivity index (χ4n) is 3.36. The van der Waals surface area contributed by atoms with E-state index in [9.17, 15) is 18.4 Å². The van der Waals surface area contributed by atoms with Crippen molar-refractivity contribution < 1.29 is 23.1 Å². The van der Waals surface area contributed by atoms with Crippen LogP contribution in [-0.2, 0) is 14.3 Å². The van der Waals surface area contributed by atoms with E-state index < -0.39 is 11.6 Å². The molecule has 0 bridgehead atoms. The molecular weight excluding hydrogens is 344 g/mol. The lowest BCUT2D eigenvalue weighted by molar-refractivity contribution is -0.141. The minimum absolute atomic E-state index is 0.00129. The molecule has 2 aliphatic heterocycles. The number of amides is 2. The van der Waals surface area contributed by atoms with Crippen molar-refractivity contribution in [1.82, 2.24) is 9.80 Å². The lowest BCUT2D eigenvalue weighted by Gasteiger charge is -2.35. The van der Waals surface area contributed by atoms with E-state index >= 15 is 0 Å². The van der Waals surface area contributed by atoms with E-state index in [2.05, 4.69) is 5.32 Å². The molecule has 0 radical (unpaired) electrons. The van der Waals surface area contributed by atoms with Crippen LogP contribution < -0.4 is 5.32 Å². The fraction of sp³-hybridized carbons (Fsp3) is 0.556. The molecule has 2 amide bonds. The van der Waals surface area contributed by atoms with Crippen LogP contribution in [0.2, 0.25) is 0 Å². The molecule has 0 atom stereocenters. The average Bonchev–Trinajstić information content (AvgIpc) is 2.65. The number of carbonyl (C=O) groups excluding carboxylic acids is 2. The predicted molar refractivity (Wildman–Crippen MR) is 91.6 cm³/mol. The number of hydrogen-bond acceptors (Lipinski definition) is 4. The number of ether oxygens (including phenoxy) is 1. The van der Waals surface area contributed by atoms with Gasteiger partial charge < -0.3 is 15.0 Å². The number of carbonyl (C=O) groups is 2. The summed E-state index contributed by atoms with van der Waals surface area (Å²) >= 11 is 0. The Morgan fingerprint density at radius 2 is 1.77 bits per heavy atom. The number of anilines is 1. The van der Waals surface area contributed by atoms with Crippen LogP contribution in [0.1, 0.15) is 12.8 Å². The molecule has 0 spiro atoms. The number of rotatable bonds is 4. The second kappa shape index (κ2) is 8.55. The van der Waals surface area contributed by atoms with Gasteiger partial charge >= 0.3 is 0 Å². The molecule has 26 heavy (non-hydrogen) atoms. The third-order valence-electron chi connectivity index (χ3n) is 4.83. The third-order valence-corrected chi connectivity index (χ3v) is 4.83. The van der Waals surface area contributed by atoms with Crippen molar-refractivity contribution in [2.75, 3.05) is 51.3 Å². The van der Waals surface area contributed by atoms with Crippen molar-refractivity contribution in [2.45, 2.75) is 12.8 Å². The normalized spacial score (nSPS) is 19.4. The smallest absolute Gasteiger partial charge is 0.238 e. The summed E-state index contributed by atoms with van der Waals surface area (Å²) < 4.78 is 31.4. The van der Waals surface area contributed by atoms with Gasteiger partial charge in [-0.1, -0.05) is 0 Å². The van der Waals surface area contributed by atoms with Gasteiger partial charge in [0.15, 0.2) is 11.6 Å². The van der Waals surface area contributed by atoms with Crippen LogP contribution in [0.4, 0.5) is 14.5 Å². The van der Waals surface area contributed by atoms with Gasteiger partial charge in [-0.3, -0.25) is 14.5 Å². The highest BCUT2D eigenvalue weighted by molar-refractivity contribution is 5.92. The van der Waals surface area contributed by atoms with E-state index in [-0.39, 0.29) is 30.0 Å². The highest BCUT2D eigenvalue weighted by Crippen LogP contribution is 2.20. The first-order chi connectivity index (χ1) is 12.5.